The molecular weight excluding hydrogens is 385 g/mol. The summed E-state index contributed by atoms with van der Waals surface area (Å²) in [5.41, 5.74) is 1.55. The molecule has 0 aliphatic carbocycles. The van der Waals surface area contributed by atoms with E-state index in [-0.39, 0.29) is 11.4 Å². The minimum Gasteiger partial charge on any atom is -0.297 e. The zero-order chi connectivity index (χ0) is 19.2. The highest BCUT2D eigenvalue weighted by atomic mass is 35.5. The molecule has 0 saturated heterocycles. The van der Waals surface area contributed by atoms with Crippen LogP contribution in [-0.4, -0.2) is 10.9 Å². The molecule has 2 aromatic carbocycles. The van der Waals surface area contributed by atoms with Gasteiger partial charge in [0.2, 0.25) is 0 Å². The third-order valence-corrected chi connectivity index (χ3v) is 4.78. The molecule has 0 atom stereocenters. The molecule has 3 rings (SSSR count). The van der Waals surface area contributed by atoms with Crippen LogP contribution in [0, 0.1) is 17.1 Å². The standard InChI is InChI=1S/C20H13ClFN3OS/c21-16-5-1-14(2-6-16)10-18-12-24-20(27-18)25-19(26)15(11-23)9-13-3-7-17(22)8-4-13/h1-9,12H,10H2,(H,24,25,26). The van der Waals surface area contributed by atoms with E-state index in [0.29, 0.717) is 22.1 Å². The topological polar surface area (TPSA) is 65.8 Å². The molecule has 0 bridgehead atoms. The highest BCUT2D eigenvalue weighted by Gasteiger charge is 2.12. The SMILES string of the molecule is N#CC(=Cc1ccc(F)cc1)C(=O)Nc1ncc(Cc2ccc(Cl)cc2)s1. The molecule has 0 aliphatic heterocycles. The van der Waals surface area contributed by atoms with Gasteiger partial charge in [-0.05, 0) is 41.5 Å². The number of thiazole rings is 1. The van der Waals surface area contributed by atoms with E-state index < -0.39 is 5.91 Å². The maximum atomic E-state index is 13.0. The fraction of sp³-hybridized carbons (Fsp3) is 0.0500. The van der Waals surface area contributed by atoms with Crippen molar-refractivity contribution < 1.29 is 9.18 Å². The van der Waals surface area contributed by atoms with Gasteiger partial charge in [0.15, 0.2) is 5.13 Å². The Labute approximate surface area is 164 Å². The molecule has 4 nitrogen and oxygen atoms in total. The monoisotopic (exact) mass is 397 g/mol. The van der Waals surface area contributed by atoms with E-state index in [2.05, 4.69) is 10.3 Å². The lowest BCUT2D eigenvalue weighted by molar-refractivity contribution is -0.112. The molecule has 1 heterocycles. The van der Waals surface area contributed by atoms with E-state index in [1.165, 1.54) is 41.7 Å². The number of hydrogen-bond acceptors (Lipinski definition) is 4. The number of benzene rings is 2. The first kappa shape index (κ1) is 18.8. The van der Waals surface area contributed by atoms with Gasteiger partial charge in [-0.3, -0.25) is 10.1 Å². The van der Waals surface area contributed by atoms with E-state index in [9.17, 15) is 14.4 Å². The minimum absolute atomic E-state index is 0.0870. The van der Waals surface area contributed by atoms with Crippen LogP contribution in [0.2, 0.25) is 5.02 Å². The van der Waals surface area contributed by atoms with Crippen molar-refractivity contribution >= 4 is 40.1 Å². The second-order valence-corrected chi connectivity index (χ2v) is 7.16. The van der Waals surface area contributed by atoms with Crippen molar-refractivity contribution in [1.82, 2.24) is 4.98 Å². The Morgan fingerprint density at radius 1 is 1.22 bits per heavy atom. The van der Waals surface area contributed by atoms with Gasteiger partial charge in [-0.25, -0.2) is 9.37 Å². The van der Waals surface area contributed by atoms with Crippen molar-refractivity contribution in [1.29, 1.82) is 5.26 Å². The van der Waals surface area contributed by atoms with Gasteiger partial charge in [0.05, 0.1) is 0 Å². The predicted octanol–water partition coefficient (Wildman–Crippen LogP) is 5.07. The Bertz CT molecular complexity index is 1020. The number of halogens is 2. The lowest BCUT2D eigenvalue weighted by atomic mass is 10.1. The summed E-state index contributed by atoms with van der Waals surface area (Å²) in [7, 11) is 0. The number of carbonyl (C=O) groups excluding carboxylic acids is 1. The van der Waals surface area contributed by atoms with Gasteiger partial charge < -0.3 is 0 Å². The first-order chi connectivity index (χ1) is 13.0. The first-order valence-corrected chi connectivity index (χ1v) is 9.11. The van der Waals surface area contributed by atoms with Crippen LogP contribution in [0.15, 0.2) is 60.3 Å². The fourth-order valence-corrected chi connectivity index (χ4v) is 3.26. The maximum Gasteiger partial charge on any atom is 0.268 e. The van der Waals surface area contributed by atoms with Gasteiger partial charge in [-0.1, -0.05) is 35.9 Å². The molecule has 0 fully saturated rings. The van der Waals surface area contributed by atoms with Crippen LogP contribution in [0.1, 0.15) is 16.0 Å². The molecule has 0 spiro atoms. The average molecular weight is 398 g/mol. The van der Waals surface area contributed by atoms with Crippen molar-refractivity contribution in [3.63, 3.8) is 0 Å². The van der Waals surface area contributed by atoms with Crippen LogP contribution in [-0.2, 0) is 11.2 Å². The van der Waals surface area contributed by atoms with E-state index in [1.54, 1.807) is 6.20 Å². The summed E-state index contributed by atoms with van der Waals surface area (Å²) in [4.78, 5) is 17.4. The number of amides is 1. The van der Waals surface area contributed by atoms with Gasteiger partial charge in [-0.15, -0.1) is 11.3 Å². The largest absolute Gasteiger partial charge is 0.297 e. The van der Waals surface area contributed by atoms with E-state index in [4.69, 9.17) is 11.6 Å². The number of nitriles is 1. The Morgan fingerprint density at radius 2 is 1.93 bits per heavy atom. The molecular formula is C20H13ClFN3OS. The number of hydrogen-bond donors (Lipinski definition) is 1. The molecule has 7 heteroatoms. The third kappa shape index (κ3) is 5.23. The Balaban J connectivity index is 1.68. The van der Waals surface area contributed by atoms with Crippen LogP contribution in [0.25, 0.3) is 6.08 Å². The Kier molecular flexibility index (Phi) is 5.97. The smallest absolute Gasteiger partial charge is 0.268 e. The molecule has 134 valence electrons. The summed E-state index contributed by atoms with van der Waals surface area (Å²) in [5.74, 6) is -0.944. The number of anilines is 1. The first-order valence-electron chi connectivity index (χ1n) is 7.91. The highest BCUT2D eigenvalue weighted by molar-refractivity contribution is 7.15. The van der Waals surface area contributed by atoms with Crippen molar-refractivity contribution in [2.75, 3.05) is 5.32 Å². The van der Waals surface area contributed by atoms with Crippen LogP contribution < -0.4 is 5.32 Å². The Hall–Kier alpha value is -3.01. The maximum absolute atomic E-state index is 13.0. The van der Waals surface area contributed by atoms with Crippen molar-refractivity contribution in [2.24, 2.45) is 0 Å². The molecule has 0 saturated carbocycles. The van der Waals surface area contributed by atoms with Crippen molar-refractivity contribution in [2.45, 2.75) is 6.42 Å². The summed E-state index contributed by atoms with van der Waals surface area (Å²) in [5, 5.41) is 12.9. The normalized spacial score (nSPS) is 11.1. The molecule has 1 N–H and O–H groups in total. The second-order valence-electron chi connectivity index (χ2n) is 5.61. The summed E-state index contributed by atoms with van der Waals surface area (Å²) < 4.78 is 13.0. The highest BCUT2D eigenvalue weighted by Crippen LogP contribution is 2.22. The quantitative estimate of drug-likeness (QED) is 0.482. The van der Waals surface area contributed by atoms with Gasteiger partial charge in [-0.2, -0.15) is 5.26 Å². The van der Waals surface area contributed by atoms with Gasteiger partial charge in [0.1, 0.15) is 17.5 Å². The zero-order valence-electron chi connectivity index (χ0n) is 13.9. The zero-order valence-corrected chi connectivity index (χ0v) is 15.5. The fourth-order valence-electron chi connectivity index (χ4n) is 2.29. The molecule has 0 radical (unpaired) electrons. The van der Waals surface area contributed by atoms with E-state index >= 15 is 0 Å². The molecule has 0 aliphatic rings. The summed E-state index contributed by atoms with van der Waals surface area (Å²) in [6, 6.07) is 14.9. The number of rotatable bonds is 5. The van der Waals surface area contributed by atoms with Crippen LogP contribution >= 0.6 is 22.9 Å². The van der Waals surface area contributed by atoms with Crippen LogP contribution in [0.3, 0.4) is 0 Å². The number of carbonyl (C=O) groups is 1. The summed E-state index contributed by atoms with van der Waals surface area (Å²) >= 11 is 7.21. The predicted molar refractivity (Wildman–Crippen MR) is 105 cm³/mol. The second kappa shape index (κ2) is 8.58. The Morgan fingerprint density at radius 3 is 2.59 bits per heavy atom. The van der Waals surface area contributed by atoms with Crippen molar-refractivity contribution in [3.05, 3.63) is 87.1 Å². The van der Waals surface area contributed by atoms with Crippen LogP contribution in [0.4, 0.5) is 9.52 Å². The number of nitrogens with zero attached hydrogens (tertiary/aromatic N) is 2. The van der Waals surface area contributed by atoms with Crippen LogP contribution in [0.5, 0.6) is 0 Å². The molecule has 1 amide bonds. The lowest BCUT2D eigenvalue weighted by Crippen LogP contribution is -2.13. The third-order valence-electron chi connectivity index (χ3n) is 3.61. The molecule has 27 heavy (non-hydrogen) atoms. The number of aromatic nitrogens is 1. The number of nitrogens with one attached hydrogen (secondary N) is 1. The van der Waals surface area contributed by atoms with E-state index in [0.717, 1.165) is 10.4 Å². The average Bonchev–Trinajstić information content (AvgIpc) is 3.10. The lowest BCUT2D eigenvalue weighted by Gasteiger charge is -2.01. The van der Waals surface area contributed by atoms with Gasteiger partial charge >= 0.3 is 0 Å². The van der Waals surface area contributed by atoms with Gasteiger partial charge in [0, 0.05) is 22.5 Å². The van der Waals surface area contributed by atoms with E-state index in [1.807, 2.05) is 30.3 Å². The molecule has 0 unspecified atom stereocenters. The molecule has 1 aromatic heterocycles. The van der Waals surface area contributed by atoms with Gasteiger partial charge in [0.25, 0.3) is 5.91 Å². The summed E-state index contributed by atoms with van der Waals surface area (Å²) in [6.45, 7) is 0. The minimum atomic E-state index is -0.561. The summed E-state index contributed by atoms with van der Waals surface area (Å²) in [6.07, 6.45) is 3.75. The van der Waals surface area contributed by atoms with Crippen molar-refractivity contribution in [3.8, 4) is 6.07 Å². The molecule has 3 aromatic rings.